The maximum atomic E-state index is 9.47. The SMILES string of the molecule is CCCC(O)CNCc1scnc1C. The Morgan fingerprint density at radius 2 is 2.43 bits per heavy atom. The zero-order valence-corrected chi connectivity index (χ0v) is 9.60. The maximum Gasteiger partial charge on any atom is 0.0798 e. The van der Waals surface area contributed by atoms with E-state index >= 15 is 0 Å². The van der Waals surface area contributed by atoms with E-state index in [1.165, 1.54) is 4.88 Å². The van der Waals surface area contributed by atoms with Crippen molar-refractivity contribution in [2.24, 2.45) is 0 Å². The van der Waals surface area contributed by atoms with Crippen molar-refractivity contribution in [2.45, 2.75) is 39.3 Å². The molecule has 14 heavy (non-hydrogen) atoms. The van der Waals surface area contributed by atoms with Crippen LogP contribution in [0.4, 0.5) is 0 Å². The molecule has 1 aromatic rings. The Kier molecular flexibility index (Phi) is 5.07. The van der Waals surface area contributed by atoms with Gasteiger partial charge in [-0.2, -0.15) is 0 Å². The molecular formula is C10H18N2OS. The van der Waals surface area contributed by atoms with Crippen molar-refractivity contribution in [3.05, 3.63) is 16.1 Å². The molecule has 0 aliphatic carbocycles. The number of aromatic nitrogens is 1. The molecule has 0 aromatic carbocycles. The number of nitrogens with zero attached hydrogens (tertiary/aromatic N) is 1. The summed E-state index contributed by atoms with van der Waals surface area (Å²) >= 11 is 1.66. The average Bonchev–Trinajstić information content (AvgIpc) is 2.52. The number of hydrogen-bond donors (Lipinski definition) is 2. The second kappa shape index (κ2) is 6.11. The Morgan fingerprint density at radius 1 is 1.64 bits per heavy atom. The number of aliphatic hydroxyl groups excluding tert-OH is 1. The first kappa shape index (κ1) is 11.6. The highest BCUT2D eigenvalue weighted by atomic mass is 32.1. The Bertz CT molecular complexity index is 262. The van der Waals surface area contributed by atoms with Crippen molar-refractivity contribution < 1.29 is 5.11 Å². The molecule has 2 N–H and O–H groups in total. The lowest BCUT2D eigenvalue weighted by Gasteiger charge is -2.09. The van der Waals surface area contributed by atoms with Gasteiger partial charge in [0.1, 0.15) is 0 Å². The lowest BCUT2D eigenvalue weighted by atomic mass is 10.2. The van der Waals surface area contributed by atoms with Crippen LogP contribution in [0.3, 0.4) is 0 Å². The summed E-state index contributed by atoms with van der Waals surface area (Å²) in [5.41, 5.74) is 2.95. The summed E-state index contributed by atoms with van der Waals surface area (Å²) in [6, 6.07) is 0. The summed E-state index contributed by atoms with van der Waals surface area (Å²) in [6.07, 6.45) is 1.69. The summed E-state index contributed by atoms with van der Waals surface area (Å²) in [6.45, 7) is 5.58. The minimum absolute atomic E-state index is 0.215. The van der Waals surface area contributed by atoms with E-state index in [2.05, 4.69) is 17.2 Å². The van der Waals surface area contributed by atoms with Gasteiger partial charge in [0.05, 0.1) is 17.3 Å². The van der Waals surface area contributed by atoms with Crippen LogP contribution in [-0.4, -0.2) is 22.7 Å². The molecule has 0 aliphatic heterocycles. The van der Waals surface area contributed by atoms with Gasteiger partial charge in [0.15, 0.2) is 0 Å². The van der Waals surface area contributed by atoms with Crippen LogP contribution in [0.5, 0.6) is 0 Å². The molecule has 4 heteroatoms. The first-order valence-electron chi connectivity index (χ1n) is 5.01. The van der Waals surface area contributed by atoms with Gasteiger partial charge in [0, 0.05) is 18.0 Å². The standard InChI is InChI=1S/C10H18N2OS/c1-3-4-9(13)5-11-6-10-8(2)12-7-14-10/h7,9,11,13H,3-6H2,1-2H3. The van der Waals surface area contributed by atoms with E-state index < -0.39 is 0 Å². The van der Waals surface area contributed by atoms with Crippen LogP contribution in [0.15, 0.2) is 5.51 Å². The fourth-order valence-electron chi connectivity index (χ4n) is 1.28. The fourth-order valence-corrected chi connectivity index (χ4v) is 2.03. The summed E-state index contributed by atoms with van der Waals surface area (Å²) in [5.74, 6) is 0. The number of aryl methyl sites for hydroxylation is 1. The van der Waals surface area contributed by atoms with Gasteiger partial charge >= 0.3 is 0 Å². The highest BCUT2D eigenvalue weighted by Crippen LogP contribution is 2.11. The topological polar surface area (TPSA) is 45.1 Å². The van der Waals surface area contributed by atoms with E-state index in [0.717, 1.165) is 25.1 Å². The molecule has 0 amide bonds. The monoisotopic (exact) mass is 214 g/mol. The van der Waals surface area contributed by atoms with Crippen molar-refractivity contribution >= 4 is 11.3 Å². The third kappa shape index (κ3) is 3.74. The molecule has 3 nitrogen and oxygen atoms in total. The van der Waals surface area contributed by atoms with Crippen molar-refractivity contribution in [1.82, 2.24) is 10.3 Å². The molecule has 1 heterocycles. The van der Waals surface area contributed by atoms with Gasteiger partial charge in [0.25, 0.3) is 0 Å². The Balaban J connectivity index is 2.19. The summed E-state index contributed by atoms with van der Waals surface area (Å²) in [4.78, 5) is 5.42. The van der Waals surface area contributed by atoms with Crippen LogP contribution >= 0.6 is 11.3 Å². The molecule has 1 unspecified atom stereocenters. The van der Waals surface area contributed by atoms with Crippen LogP contribution in [0.1, 0.15) is 30.3 Å². The molecule has 0 saturated heterocycles. The normalized spacial score (nSPS) is 13.1. The quantitative estimate of drug-likeness (QED) is 0.757. The Labute approximate surface area is 89.2 Å². The van der Waals surface area contributed by atoms with Crippen LogP contribution < -0.4 is 5.32 Å². The smallest absolute Gasteiger partial charge is 0.0798 e. The van der Waals surface area contributed by atoms with E-state index in [1.807, 2.05) is 12.4 Å². The van der Waals surface area contributed by atoms with Crippen LogP contribution in [-0.2, 0) is 6.54 Å². The second-order valence-electron chi connectivity index (χ2n) is 3.43. The zero-order valence-electron chi connectivity index (χ0n) is 8.79. The highest BCUT2D eigenvalue weighted by molar-refractivity contribution is 7.09. The number of rotatable bonds is 6. The Morgan fingerprint density at radius 3 is 3.00 bits per heavy atom. The molecule has 0 fully saturated rings. The summed E-state index contributed by atoms with van der Waals surface area (Å²) < 4.78 is 0. The van der Waals surface area contributed by atoms with Gasteiger partial charge in [-0.15, -0.1) is 11.3 Å². The predicted octanol–water partition coefficient (Wildman–Crippen LogP) is 1.70. The van der Waals surface area contributed by atoms with Gasteiger partial charge in [-0.25, -0.2) is 4.98 Å². The number of thiazole rings is 1. The lowest BCUT2D eigenvalue weighted by Crippen LogP contribution is -2.26. The van der Waals surface area contributed by atoms with E-state index in [1.54, 1.807) is 11.3 Å². The molecule has 0 bridgehead atoms. The van der Waals surface area contributed by atoms with Crippen LogP contribution in [0.2, 0.25) is 0 Å². The maximum absolute atomic E-state index is 9.47. The fraction of sp³-hybridized carbons (Fsp3) is 0.700. The summed E-state index contributed by atoms with van der Waals surface area (Å²) in [5, 5.41) is 12.7. The predicted molar refractivity (Wildman–Crippen MR) is 59.5 cm³/mol. The van der Waals surface area contributed by atoms with Crippen molar-refractivity contribution in [3.63, 3.8) is 0 Å². The van der Waals surface area contributed by atoms with Crippen LogP contribution in [0, 0.1) is 6.92 Å². The largest absolute Gasteiger partial charge is 0.392 e. The van der Waals surface area contributed by atoms with Crippen molar-refractivity contribution in [3.8, 4) is 0 Å². The number of aliphatic hydroxyl groups is 1. The van der Waals surface area contributed by atoms with Gasteiger partial charge < -0.3 is 10.4 Å². The molecule has 0 saturated carbocycles. The molecule has 1 atom stereocenters. The van der Waals surface area contributed by atoms with E-state index in [0.29, 0.717) is 6.54 Å². The first-order valence-corrected chi connectivity index (χ1v) is 5.89. The minimum Gasteiger partial charge on any atom is -0.392 e. The molecule has 80 valence electrons. The van der Waals surface area contributed by atoms with Gasteiger partial charge in [0.2, 0.25) is 0 Å². The molecule has 1 aromatic heterocycles. The summed E-state index contributed by atoms with van der Waals surface area (Å²) in [7, 11) is 0. The van der Waals surface area contributed by atoms with Gasteiger partial charge in [-0.3, -0.25) is 0 Å². The number of hydrogen-bond acceptors (Lipinski definition) is 4. The average molecular weight is 214 g/mol. The number of nitrogens with one attached hydrogen (secondary N) is 1. The molecule has 0 aliphatic rings. The zero-order chi connectivity index (χ0) is 10.4. The molecular weight excluding hydrogens is 196 g/mol. The van der Waals surface area contributed by atoms with Gasteiger partial charge in [-0.05, 0) is 13.3 Å². The Hall–Kier alpha value is -0.450. The van der Waals surface area contributed by atoms with Gasteiger partial charge in [-0.1, -0.05) is 13.3 Å². The molecule has 1 rings (SSSR count). The molecule has 0 spiro atoms. The van der Waals surface area contributed by atoms with E-state index in [9.17, 15) is 5.11 Å². The first-order chi connectivity index (χ1) is 6.74. The molecule has 0 radical (unpaired) electrons. The second-order valence-corrected chi connectivity index (χ2v) is 4.37. The van der Waals surface area contributed by atoms with Crippen molar-refractivity contribution in [2.75, 3.05) is 6.54 Å². The third-order valence-electron chi connectivity index (χ3n) is 2.13. The van der Waals surface area contributed by atoms with Crippen LogP contribution in [0.25, 0.3) is 0 Å². The van der Waals surface area contributed by atoms with Crippen molar-refractivity contribution in [1.29, 1.82) is 0 Å². The minimum atomic E-state index is -0.215. The highest BCUT2D eigenvalue weighted by Gasteiger charge is 2.03. The lowest BCUT2D eigenvalue weighted by molar-refractivity contribution is 0.160. The third-order valence-corrected chi connectivity index (χ3v) is 3.07. The van der Waals surface area contributed by atoms with E-state index in [4.69, 9.17) is 0 Å². The van der Waals surface area contributed by atoms with E-state index in [-0.39, 0.29) is 6.10 Å².